The SMILES string of the molecule is C[C@]12CCC(=O)CC1CC(CCCCCCCC(=O)NCC1CC1)[C@@H]1[C@H]2CC[C@]2(C)C(O)CC[C@@H]12. The number of aliphatic hydroxyl groups is 1. The van der Waals surface area contributed by atoms with Crippen LogP contribution in [0, 0.1) is 46.3 Å². The molecule has 1 amide bonds. The highest BCUT2D eigenvalue weighted by atomic mass is 16.3. The molecule has 5 saturated carbocycles. The first-order valence-electron chi connectivity index (χ1n) is 15.3. The summed E-state index contributed by atoms with van der Waals surface area (Å²) < 4.78 is 0. The third-order valence-electron chi connectivity index (χ3n) is 11.9. The number of hydrogen-bond donors (Lipinski definition) is 2. The molecule has 0 aromatic heterocycles. The van der Waals surface area contributed by atoms with Gasteiger partial charge in [-0.25, -0.2) is 0 Å². The van der Waals surface area contributed by atoms with Crippen LogP contribution >= 0.6 is 0 Å². The minimum absolute atomic E-state index is 0.117. The molecule has 5 fully saturated rings. The zero-order chi connectivity index (χ0) is 24.6. The van der Waals surface area contributed by atoms with E-state index < -0.39 is 0 Å². The van der Waals surface area contributed by atoms with Crippen LogP contribution in [0.1, 0.15) is 123 Å². The van der Waals surface area contributed by atoms with Gasteiger partial charge in [0.2, 0.25) is 5.91 Å². The Kier molecular flexibility index (Phi) is 7.69. The topological polar surface area (TPSA) is 66.4 Å². The molecule has 5 rings (SSSR count). The van der Waals surface area contributed by atoms with Crippen molar-refractivity contribution < 1.29 is 14.7 Å². The number of nitrogens with one attached hydrogen (secondary N) is 1. The molecule has 0 aliphatic heterocycles. The first-order valence-corrected chi connectivity index (χ1v) is 15.3. The monoisotopic (exact) mass is 485 g/mol. The van der Waals surface area contributed by atoms with Gasteiger partial charge in [-0.3, -0.25) is 9.59 Å². The molecular formula is C31H51NO3. The van der Waals surface area contributed by atoms with Crippen molar-refractivity contribution >= 4 is 11.7 Å². The fraction of sp³-hybridized carbons (Fsp3) is 0.935. The van der Waals surface area contributed by atoms with Crippen molar-refractivity contribution in [1.29, 1.82) is 0 Å². The molecular weight excluding hydrogens is 434 g/mol. The molecule has 4 heteroatoms. The van der Waals surface area contributed by atoms with Gasteiger partial charge in [-0.2, -0.15) is 0 Å². The summed E-state index contributed by atoms with van der Waals surface area (Å²) in [5, 5.41) is 14.0. The second kappa shape index (κ2) is 10.5. The van der Waals surface area contributed by atoms with Gasteiger partial charge >= 0.3 is 0 Å². The summed E-state index contributed by atoms with van der Waals surface area (Å²) >= 11 is 0. The molecule has 3 unspecified atom stereocenters. The lowest BCUT2D eigenvalue weighted by Crippen LogP contribution is -2.57. The van der Waals surface area contributed by atoms with E-state index in [9.17, 15) is 14.7 Å². The molecule has 5 aliphatic carbocycles. The van der Waals surface area contributed by atoms with Crippen molar-refractivity contribution in [3.8, 4) is 0 Å². The van der Waals surface area contributed by atoms with Crippen LogP contribution in [0.2, 0.25) is 0 Å². The van der Waals surface area contributed by atoms with Crippen LogP contribution in [0.15, 0.2) is 0 Å². The molecule has 198 valence electrons. The second-order valence-electron chi connectivity index (χ2n) is 13.9. The summed E-state index contributed by atoms with van der Waals surface area (Å²) in [6.45, 7) is 5.82. The lowest BCUT2D eigenvalue weighted by molar-refractivity contribution is -0.156. The van der Waals surface area contributed by atoms with Gasteiger partial charge in [-0.1, -0.05) is 46.0 Å². The van der Waals surface area contributed by atoms with Gasteiger partial charge in [0.15, 0.2) is 0 Å². The summed E-state index contributed by atoms with van der Waals surface area (Å²) in [6, 6.07) is 0. The summed E-state index contributed by atoms with van der Waals surface area (Å²) in [6.07, 6.45) is 19.0. The standard InChI is InChI=1S/C31H51NO3/c1-30-16-14-24(33)19-23(30)18-22(29-25-12-13-27(34)31(25,2)17-15-26(29)30)8-6-4-3-5-7-9-28(35)32-20-21-10-11-21/h21-23,25-27,29,34H,3-20H2,1-2H3,(H,32,35)/t22?,23?,25-,26+,27?,29-,30-,31-/m0/s1. The van der Waals surface area contributed by atoms with Gasteiger partial charge in [-0.05, 0) is 104 Å². The molecule has 5 aliphatic rings. The van der Waals surface area contributed by atoms with E-state index in [4.69, 9.17) is 0 Å². The van der Waals surface area contributed by atoms with E-state index in [1.165, 1.54) is 64.2 Å². The molecule has 0 aromatic carbocycles. The van der Waals surface area contributed by atoms with Gasteiger partial charge in [-0.15, -0.1) is 0 Å². The third-order valence-corrected chi connectivity index (χ3v) is 11.9. The molecule has 0 radical (unpaired) electrons. The number of fused-ring (bicyclic) bond motifs is 5. The first kappa shape index (κ1) is 25.7. The fourth-order valence-electron chi connectivity index (χ4n) is 9.38. The highest BCUT2D eigenvalue weighted by molar-refractivity contribution is 5.79. The predicted molar refractivity (Wildman–Crippen MR) is 140 cm³/mol. The Balaban J connectivity index is 1.14. The predicted octanol–water partition coefficient (Wildman–Crippen LogP) is 6.44. The lowest BCUT2D eigenvalue weighted by atomic mass is 9.42. The average Bonchev–Trinajstić information content (AvgIpc) is 3.61. The Labute approximate surface area is 213 Å². The maximum absolute atomic E-state index is 12.4. The Morgan fingerprint density at radius 3 is 2.49 bits per heavy atom. The van der Waals surface area contributed by atoms with Crippen molar-refractivity contribution in [3.63, 3.8) is 0 Å². The quantitative estimate of drug-likeness (QED) is 0.350. The minimum atomic E-state index is -0.117. The Morgan fingerprint density at radius 1 is 0.943 bits per heavy atom. The summed E-state index contributed by atoms with van der Waals surface area (Å²) in [5.74, 6) is 4.99. The number of unbranched alkanes of at least 4 members (excludes halogenated alkanes) is 4. The molecule has 0 saturated heterocycles. The van der Waals surface area contributed by atoms with Crippen LogP contribution in [-0.2, 0) is 9.59 Å². The largest absolute Gasteiger partial charge is 0.393 e. The Bertz CT molecular complexity index is 777. The second-order valence-corrected chi connectivity index (χ2v) is 13.9. The third kappa shape index (κ3) is 5.25. The van der Waals surface area contributed by atoms with Gasteiger partial charge in [0.25, 0.3) is 0 Å². The van der Waals surface area contributed by atoms with E-state index in [2.05, 4.69) is 19.2 Å². The zero-order valence-electron chi connectivity index (χ0n) is 22.5. The zero-order valence-corrected chi connectivity index (χ0v) is 22.5. The van der Waals surface area contributed by atoms with E-state index in [0.29, 0.717) is 29.5 Å². The van der Waals surface area contributed by atoms with Crippen molar-refractivity contribution in [3.05, 3.63) is 0 Å². The van der Waals surface area contributed by atoms with E-state index in [-0.39, 0.29) is 17.4 Å². The fourth-order valence-corrected chi connectivity index (χ4v) is 9.38. The normalized spacial score (nSPS) is 42.8. The van der Waals surface area contributed by atoms with Gasteiger partial charge < -0.3 is 10.4 Å². The number of amides is 1. The van der Waals surface area contributed by atoms with Gasteiger partial charge in [0, 0.05) is 25.8 Å². The first-order chi connectivity index (χ1) is 16.8. The Hall–Kier alpha value is -0.900. The van der Waals surface area contributed by atoms with Crippen molar-refractivity contribution in [2.24, 2.45) is 46.3 Å². The maximum Gasteiger partial charge on any atom is 0.220 e. The molecule has 0 spiro atoms. The Morgan fingerprint density at radius 2 is 1.69 bits per heavy atom. The van der Waals surface area contributed by atoms with Crippen molar-refractivity contribution in [2.75, 3.05) is 6.54 Å². The van der Waals surface area contributed by atoms with Crippen LogP contribution in [0.25, 0.3) is 0 Å². The van der Waals surface area contributed by atoms with E-state index in [0.717, 1.165) is 68.7 Å². The molecule has 8 atom stereocenters. The summed E-state index contributed by atoms with van der Waals surface area (Å²) in [7, 11) is 0. The minimum Gasteiger partial charge on any atom is -0.393 e. The number of aliphatic hydroxyl groups excluding tert-OH is 1. The molecule has 2 N–H and O–H groups in total. The summed E-state index contributed by atoms with van der Waals surface area (Å²) in [4.78, 5) is 24.4. The van der Waals surface area contributed by atoms with Crippen molar-refractivity contribution in [2.45, 2.75) is 129 Å². The smallest absolute Gasteiger partial charge is 0.220 e. The number of rotatable bonds is 10. The van der Waals surface area contributed by atoms with Crippen LogP contribution in [0.5, 0.6) is 0 Å². The van der Waals surface area contributed by atoms with Crippen LogP contribution in [-0.4, -0.2) is 29.4 Å². The van der Waals surface area contributed by atoms with E-state index in [1.54, 1.807) is 0 Å². The van der Waals surface area contributed by atoms with Crippen LogP contribution in [0.4, 0.5) is 0 Å². The van der Waals surface area contributed by atoms with Gasteiger partial charge in [0.05, 0.1) is 6.10 Å². The number of ketones is 1. The highest BCUT2D eigenvalue weighted by Crippen LogP contribution is 2.67. The maximum atomic E-state index is 12.4. The van der Waals surface area contributed by atoms with Crippen LogP contribution < -0.4 is 5.32 Å². The van der Waals surface area contributed by atoms with Gasteiger partial charge in [0.1, 0.15) is 5.78 Å². The molecule has 35 heavy (non-hydrogen) atoms. The highest BCUT2D eigenvalue weighted by Gasteiger charge is 2.62. The molecule has 0 aromatic rings. The van der Waals surface area contributed by atoms with E-state index in [1.807, 2.05) is 0 Å². The number of Topliss-reactive ketones (excluding diaryl/α,β-unsaturated/α-hetero) is 1. The van der Waals surface area contributed by atoms with E-state index >= 15 is 0 Å². The molecule has 0 heterocycles. The molecule has 4 nitrogen and oxygen atoms in total. The molecule has 0 bridgehead atoms. The summed E-state index contributed by atoms with van der Waals surface area (Å²) in [5.41, 5.74) is 0.456. The number of hydrogen-bond acceptors (Lipinski definition) is 3. The van der Waals surface area contributed by atoms with Crippen LogP contribution in [0.3, 0.4) is 0 Å². The number of carbonyl (C=O) groups excluding carboxylic acids is 2. The number of carbonyl (C=O) groups is 2. The van der Waals surface area contributed by atoms with Crippen molar-refractivity contribution in [1.82, 2.24) is 5.32 Å². The average molecular weight is 486 g/mol. The lowest BCUT2D eigenvalue weighted by Gasteiger charge is -2.62.